The van der Waals surface area contributed by atoms with E-state index in [-0.39, 0.29) is 6.61 Å². The van der Waals surface area contributed by atoms with Gasteiger partial charge in [0.15, 0.2) is 13.2 Å². The lowest BCUT2D eigenvalue weighted by Gasteiger charge is -2.31. The number of benzene rings is 1. The van der Waals surface area contributed by atoms with Crippen molar-refractivity contribution in [2.45, 2.75) is 58.4 Å². The molecule has 1 aromatic carbocycles. The fourth-order valence-electron chi connectivity index (χ4n) is 3.44. The van der Waals surface area contributed by atoms with Crippen molar-refractivity contribution in [1.29, 1.82) is 5.26 Å². The number of carbonyl (C=O) groups excluding carboxylic acids is 2. The Labute approximate surface area is 154 Å². The summed E-state index contributed by atoms with van der Waals surface area (Å²) in [7, 11) is 0. The Morgan fingerprint density at radius 1 is 1.12 bits per heavy atom. The van der Waals surface area contributed by atoms with Crippen molar-refractivity contribution in [2.75, 3.05) is 13.2 Å². The Morgan fingerprint density at radius 2 is 1.73 bits per heavy atom. The quantitative estimate of drug-likeness (QED) is 0.790. The third-order valence-corrected chi connectivity index (χ3v) is 4.60. The van der Waals surface area contributed by atoms with Gasteiger partial charge in [-0.1, -0.05) is 37.0 Å². The number of nitrogens with zero attached hydrogens (tertiary/aromatic N) is 1. The summed E-state index contributed by atoms with van der Waals surface area (Å²) in [5.41, 5.74) is 2.19. The van der Waals surface area contributed by atoms with Crippen LogP contribution in [-0.4, -0.2) is 30.6 Å². The van der Waals surface area contributed by atoms with Gasteiger partial charge in [0, 0.05) is 0 Å². The number of hydrogen-bond donors (Lipinski definition) is 1. The Bertz CT molecular complexity index is 692. The fourth-order valence-corrected chi connectivity index (χ4v) is 3.44. The highest BCUT2D eigenvalue weighted by Crippen LogP contribution is 2.27. The van der Waals surface area contributed by atoms with Gasteiger partial charge >= 0.3 is 5.97 Å². The van der Waals surface area contributed by atoms with Crippen LogP contribution in [0.1, 0.15) is 48.8 Å². The molecule has 1 N–H and O–H groups in total. The molecule has 0 atom stereocenters. The zero-order valence-electron chi connectivity index (χ0n) is 15.7. The Hall–Kier alpha value is -2.55. The molecule has 0 aromatic heterocycles. The number of carbonyl (C=O) groups is 2. The molecule has 1 saturated carbocycles. The molecule has 0 unspecified atom stereocenters. The highest BCUT2D eigenvalue weighted by Gasteiger charge is 2.33. The molecule has 0 bridgehead atoms. The molecule has 0 radical (unpaired) electrons. The van der Waals surface area contributed by atoms with Gasteiger partial charge in [-0.15, -0.1) is 0 Å². The molecule has 1 amide bonds. The first-order chi connectivity index (χ1) is 12.3. The average Bonchev–Trinajstić information content (AvgIpc) is 2.60. The lowest BCUT2D eigenvalue weighted by atomic mass is 9.83. The van der Waals surface area contributed by atoms with Gasteiger partial charge in [-0.05, 0) is 44.7 Å². The molecule has 26 heavy (non-hydrogen) atoms. The van der Waals surface area contributed by atoms with Gasteiger partial charge in [-0.2, -0.15) is 5.26 Å². The third-order valence-electron chi connectivity index (χ3n) is 4.60. The molecule has 140 valence electrons. The number of rotatable bonds is 6. The Balaban J connectivity index is 1.80. The highest BCUT2D eigenvalue weighted by atomic mass is 16.6. The van der Waals surface area contributed by atoms with Crippen molar-refractivity contribution in [3.63, 3.8) is 0 Å². The summed E-state index contributed by atoms with van der Waals surface area (Å²) < 4.78 is 10.5. The van der Waals surface area contributed by atoms with Crippen molar-refractivity contribution in [3.8, 4) is 11.8 Å². The van der Waals surface area contributed by atoms with Gasteiger partial charge in [-0.25, -0.2) is 4.79 Å². The Kier molecular flexibility index (Phi) is 6.62. The second-order valence-electron chi connectivity index (χ2n) is 6.98. The minimum atomic E-state index is -0.825. The van der Waals surface area contributed by atoms with Crippen LogP contribution in [0.3, 0.4) is 0 Å². The first-order valence-electron chi connectivity index (χ1n) is 8.94. The van der Waals surface area contributed by atoms with Gasteiger partial charge in [0.1, 0.15) is 11.3 Å². The minimum absolute atomic E-state index is 0.262. The van der Waals surface area contributed by atoms with Crippen LogP contribution in [0, 0.1) is 32.1 Å². The van der Waals surface area contributed by atoms with E-state index in [0.717, 1.165) is 36.0 Å². The smallest absolute Gasteiger partial charge is 0.344 e. The molecule has 0 heterocycles. The monoisotopic (exact) mass is 358 g/mol. The van der Waals surface area contributed by atoms with Crippen molar-refractivity contribution < 1.29 is 19.1 Å². The predicted octanol–water partition coefficient (Wildman–Crippen LogP) is 2.88. The summed E-state index contributed by atoms with van der Waals surface area (Å²) in [4.78, 5) is 23.9. The lowest BCUT2D eigenvalue weighted by molar-refractivity contribution is -0.150. The summed E-state index contributed by atoms with van der Waals surface area (Å²) in [5, 5.41) is 12.1. The van der Waals surface area contributed by atoms with Crippen molar-refractivity contribution in [2.24, 2.45) is 0 Å². The SMILES string of the molecule is Cc1cc(C)c(OCC(=O)OCC(=O)NC2(C#N)CCCCC2)c(C)c1. The maximum absolute atomic E-state index is 12.0. The van der Waals surface area contributed by atoms with E-state index in [2.05, 4.69) is 11.4 Å². The van der Waals surface area contributed by atoms with E-state index in [1.807, 2.05) is 32.9 Å². The fraction of sp³-hybridized carbons (Fsp3) is 0.550. The third kappa shape index (κ3) is 5.22. The summed E-state index contributed by atoms with van der Waals surface area (Å²) in [6, 6.07) is 6.16. The molecule has 0 spiro atoms. The second-order valence-corrected chi connectivity index (χ2v) is 6.98. The van der Waals surface area contributed by atoms with Gasteiger partial charge < -0.3 is 14.8 Å². The van der Waals surface area contributed by atoms with Gasteiger partial charge in [0.25, 0.3) is 5.91 Å². The van der Waals surface area contributed by atoms with Crippen molar-refractivity contribution >= 4 is 11.9 Å². The summed E-state index contributed by atoms with van der Waals surface area (Å²) in [6.45, 7) is 5.16. The van der Waals surface area contributed by atoms with E-state index in [9.17, 15) is 14.9 Å². The number of amides is 1. The molecule has 1 aliphatic carbocycles. The zero-order chi connectivity index (χ0) is 19.2. The van der Waals surface area contributed by atoms with E-state index >= 15 is 0 Å². The molecule has 2 rings (SSSR count). The van der Waals surface area contributed by atoms with Crippen LogP contribution in [0.25, 0.3) is 0 Å². The average molecular weight is 358 g/mol. The number of esters is 1. The van der Waals surface area contributed by atoms with Gasteiger partial charge in [-0.3, -0.25) is 4.79 Å². The Morgan fingerprint density at radius 3 is 2.31 bits per heavy atom. The summed E-state index contributed by atoms with van der Waals surface area (Å²) in [5.74, 6) is -0.415. The number of nitrogens with one attached hydrogen (secondary N) is 1. The molecule has 6 nitrogen and oxygen atoms in total. The number of hydrogen-bond acceptors (Lipinski definition) is 5. The van der Waals surface area contributed by atoms with Crippen LogP contribution >= 0.6 is 0 Å². The van der Waals surface area contributed by atoms with E-state index in [4.69, 9.17) is 9.47 Å². The van der Waals surface area contributed by atoms with Crippen LogP contribution in [0.4, 0.5) is 0 Å². The first-order valence-corrected chi connectivity index (χ1v) is 8.94. The van der Waals surface area contributed by atoms with Gasteiger partial charge in [0.2, 0.25) is 0 Å². The number of ether oxygens (including phenoxy) is 2. The highest BCUT2D eigenvalue weighted by molar-refractivity contribution is 5.81. The molecular weight excluding hydrogens is 332 g/mol. The molecule has 0 aliphatic heterocycles. The standard InChI is InChI=1S/C20H26N2O4/c1-14-9-15(2)19(16(3)10-14)26-12-18(24)25-11-17(23)22-20(13-21)7-5-4-6-8-20/h9-10H,4-8,11-12H2,1-3H3,(H,22,23). The molecule has 0 saturated heterocycles. The topological polar surface area (TPSA) is 88.4 Å². The van der Waals surface area contributed by atoms with E-state index in [1.165, 1.54) is 0 Å². The van der Waals surface area contributed by atoms with E-state index < -0.39 is 24.0 Å². The van der Waals surface area contributed by atoms with Crippen LogP contribution in [-0.2, 0) is 14.3 Å². The zero-order valence-corrected chi connectivity index (χ0v) is 15.7. The van der Waals surface area contributed by atoms with E-state index in [1.54, 1.807) is 0 Å². The maximum Gasteiger partial charge on any atom is 0.344 e. The van der Waals surface area contributed by atoms with E-state index in [0.29, 0.717) is 18.6 Å². The lowest BCUT2D eigenvalue weighted by Crippen LogP contribution is -2.50. The number of aryl methyl sites for hydroxylation is 3. The number of nitriles is 1. The first kappa shape index (κ1) is 19.8. The molecule has 6 heteroatoms. The minimum Gasteiger partial charge on any atom is -0.481 e. The van der Waals surface area contributed by atoms with Crippen LogP contribution in [0.2, 0.25) is 0 Å². The molecule has 1 aliphatic rings. The van der Waals surface area contributed by atoms with Gasteiger partial charge in [0.05, 0.1) is 6.07 Å². The van der Waals surface area contributed by atoms with Crippen LogP contribution in [0.5, 0.6) is 5.75 Å². The predicted molar refractivity (Wildman–Crippen MR) is 96.7 cm³/mol. The molecule has 1 fully saturated rings. The second kappa shape index (κ2) is 8.70. The maximum atomic E-state index is 12.0. The molecule has 1 aromatic rings. The largest absolute Gasteiger partial charge is 0.481 e. The summed E-state index contributed by atoms with van der Waals surface area (Å²) >= 11 is 0. The van der Waals surface area contributed by atoms with Crippen molar-refractivity contribution in [1.82, 2.24) is 5.32 Å². The summed E-state index contributed by atoms with van der Waals surface area (Å²) in [6.07, 6.45) is 4.17. The normalized spacial score (nSPS) is 15.6. The molecular formula is C20H26N2O4. The van der Waals surface area contributed by atoms with Crippen LogP contribution in [0.15, 0.2) is 12.1 Å². The van der Waals surface area contributed by atoms with Crippen molar-refractivity contribution in [3.05, 3.63) is 28.8 Å². The van der Waals surface area contributed by atoms with Crippen LogP contribution < -0.4 is 10.1 Å².